The number of carbonyl (C=O) groups excluding carboxylic acids is 1. The number of nitrogens with zero attached hydrogens (tertiary/aromatic N) is 6. The lowest BCUT2D eigenvalue weighted by atomic mass is 10.2. The quantitative estimate of drug-likeness (QED) is 0.573. The molecule has 2 heterocycles. The van der Waals surface area contributed by atoms with E-state index in [1.165, 1.54) is 0 Å². The second-order valence-electron chi connectivity index (χ2n) is 7.47. The van der Waals surface area contributed by atoms with E-state index >= 15 is 0 Å². The van der Waals surface area contributed by atoms with Gasteiger partial charge in [0.25, 0.3) is 5.91 Å². The standard InChI is InChI=1S/C22H26N6O3/c1-17-4-3-5-20(14-17)31-16-22(29)27-12-10-26(11-13-27)15-21-23-24-25-28(21)18-6-8-19(30-2)9-7-18/h3-9,14H,10-13,15-16H2,1-2H3. The topological polar surface area (TPSA) is 85.6 Å². The predicted molar refractivity (Wildman–Crippen MR) is 114 cm³/mol. The zero-order chi connectivity index (χ0) is 21.6. The van der Waals surface area contributed by atoms with Gasteiger partial charge in [0.15, 0.2) is 12.4 Å². The Morgan fingerprint density at radius 2 is 1.81 bits per heavy atom. The summed E-state index contributed by atoms with van der Waals surface area (Å²) in [7, 11) is 1.64. The first-order valence-electron chi connectivity index (χ1n) is 10.2. The van der Waals surface area contributed by atoms with Gasteiger partial charge in [-0.3, -0.25) is 9.69 Å². The number of methoxy groups -OCH3 is 1. The fraction of sp³-hybridized carbons (Fsp3) is 0.364. The normalized spacial score (nSPS) is 14.5. The van der Waals surface area contributed by atoms with Crippen LogP contribution < -0.4 is 9.47 Å². The van der Waals surface area contributed by atoms with E-state index in [9.17, 15) is 4.79 Å². The van der Waals surface area contributed by atoms with Crippen LogP contribution in [0.2, 0.25) is 0 Å². The number of rotatable bonds is 7. The highest BCUT2D eigenvalue weighted by molar-refractivity contribution is 5.77. The zero-order valence-corrected chi connectivity index (χ0v) is 17.8. The number of hydrogen-bond donors (Lipinski definition) is 0. The number of carbonyl (C=O) groups is 1. The molecule has 0 N–H and O–H groups in total. The highest BCUT2D eigenvalue weighted by atomic mass is 16.5. The summed E-state index contributed by atoms with van der Waals surface area (Å²) in [4.78, 5) is 16.6. The van der Waals surface area contributed by atoms with Gasteiger partial charge in [-0.1, -0.05) is 12.1 Å². The van der Waals surface area contributed by atoms with E-state index in [4.69, 9.17) is 9.47 Å². The number of tetrazole rings is 1. The molecule has 0 aliphatic carbocycles. The number of hydrogen-bond acceptors (Lipinski definition) is 7. The number of piperazine rings is 1. The summed E-state index contributed by atoms with van der Waals surface area (Å²) in [6, 6.07) is 15.3. The second kappa shape index (κ2) is 9.57. The Hall–Kier alpha value is -3.46. The van der Waals surface area contributed by atoms with Gasteiger partial charge in [-0.2, -0.15) is 4.68 Å². The lowest BCUT2D eigenvalue weighted by Crippen LogP contribution is -2.49. The molecule has 1 aliphatic heterocycles. The lowest BCUT2D eigenvalue weighted by molar-refractivity contribution is -0.135. The van der Waals surface area contributed by atoms with Crippen molar-refractivity contribution in [1.29, 1.82) is 0 Å². The van der Waals surface area contributed by atoms with Crippen LogP contribution in [0.1, 0.15) is 11.4 Å². The van der Waals surface area contributed by atoms with Gasteiger partial charge in [0.1, 0.15) is 11.5 Å². The minimum Gasteiger partial charge on any atom is -0.497 e. The minimum atomic E-state index is 0.00391. The van der Waals surface area contributed by atoms with Crippen LogP contribution in [0.25, 0.3) is 5.69 Å². The van der Waals surface area contributed by atoms with Gasteiger partial charge in [0.2, 0.25) is 0 Å². The summed E-state index contributed by atoms with van der Waals surface area (Å²) in [5, 5.41) is 12.1. The van der Waals surface area contributed by atoms with Gasteiger partial charge >= 0.3 is 0 Å². The molecule has 162 valence electrons. The van der Waals surface area contributed by atoms with Gasteiger partial charge in [-0.05, 0) is 59.3 Å². The van der Waals surface area contributed by atoms with Crippen molar-refractivity contribution in [3.63, 3.8) is 0 Å². The van der Waals surface area contributed by atoms with Gasteiger partial charge in [-0.15, -0.1) is 5.10 Å². The van der Waals surface area contributed by atoms with Crippen LogP contribution >= 0.6 is 0 Å². The molecule has 3 aromatic rings. The highest BCUT2D eigenvalue weighted by Crippen LogP contribution is 2.16. The molecular formula is C22H26N6O3. The maximum absolute atomic E-state index is 12.5. The molecule has 1 aromatic heterocycles. The molecule has 0 spiro atoms. The molecule has 0 saturated carbocycles. The smallest absolute Gasteiger partial charge is 0.260 e. The van der Waals surface area contributed by atoms with Crippen LogP contribution in [0.3, 0.4) is 0 Å². The molecular weight excluding hydrogens is 396 g/mol. The number of aromatic nitrogens is 4. The van der Waals surface area contributed by atoms with Crippen molar-refractivity contribution < 1.29 is 14.3 Å². The van der Waals surface area contributed by atoms with E-state index in [0.717, 1.165) is 41.7 Å². The Balaban J connectivity index is 1.28. The molecule has 1 saturated heterocycles. The maximum atomic E-state index is 12.5. The van der Waals surface area contributed by atoms with E-state index in [0.29, 0.717) is 19.6 Å². The Kier molecular flexibility index (Phi) is 6.42. The van der Waals surface area contributed by atoms with Crippen molar-refractivity contribution in [3.05, 3.63) is 59.9 Å². The fourth-order valence-electron chi connectivity index (χ4n) is 3.53. The highest BCUT2D eigenvalue weighted by Gasteiger charge is 2.23. The van der Waals surface area contributed by atoms with Crippen molar-refractivity contribution in [1.82, 2.24) is 30.0 Å². The molecule has 1 aliphatic rings. The van der Waals surface area contributed by atoms with Crippen molar-refractivity contribution >= 4 is 5.91 Å². The van der Waals surface area contributed by atoms with Crippen LogP contribution in [0.5, 0.6) is 11.5 Å². The molecule has 0 radical (unpaired) electrons. The summed E-state index contributed by atoms with van der Waals surface area (Å²) in [5.41, 5.74) is 1.98. The number of benzene rings is 2. The average Bonchev–Trinajstić information content (AvgIpc) is 3.26. The fourth-order valence-corrected chi connectivity index (χ4v) is 3.53. The zero-order valence-electron chi connectivity index (χ0n) is 17.8. The van der Waals surface area contributed by atoms with E-state index in [1.807, 2.05) is 60.4 Å². The maximum Gasteiger partial charge on any atom is 0.260 e. The molecule has 1 amide bonds. The molecule has 9 heteroatoms. The third-order valence-electron chi connectivity index (χ3n) is 5.29. The summed E-state index contributed by atoms with van der Waals surface area (Å²) in [6.07, 6.45) is 0. The Labute approximate surface area is 181 Å². The molecule has 0 bridgehead atoms. The molecule has 31 heavy (non-hydrogen) atoms. The van der Waals surface area contributed by atoms with Crippen LogP contribution in [-0.4, -0.2) is 75.8 Å². The Morgan fingerprint density at radius 1 is 1.03 bits per heavy atom. The molecule has 0 atom stereocenters. The third-order valence-corrected chi connectivity index (χ3v) is 5.29. The minimum absolute atomic E-state index is 0.00391. The van der Waals surface area contributed by atoms with E-state index < -0.39 is 0 Å². The summed E-state index contributed by atoms with van der Waals surface area (Å²) in [5.74, 6) is 2.26. The molecule has 1 fully saturated rings. The van der Waals surface area contributed by atoms with Crippen LogP contribution in [0.15, 0.2) is 48.5 Å². The van der Waals surface area contributed by atoms with Gasteiger partial charge in [0, 0.05) is 26.2 Å². The predicted octanol–water partition coefficient (Wildman–Crippen LogP) is 1.70. The van der Waals surface area contributed by atoms with Crippen molar-refractivity contribution in [3.8, 4) is 17.2 Å². The average molecular weight is 422 g/mol. The first-order valence-corrected chi connectivity index (χ1v) is 10.2. The molecule has 0 unspecified atom stereocenters. The van der Waals surface area contributed by atoms with Gasteiger partial charge in [-0.25, -0.2) is 0 Å². The van der Waals surface area contributed by atoms with E-state index in [-0.39, 0.29) is 12.5 Å². The largest absolute Gasteiger partial charge is 0.497 e. The molecule has 9 nitrogen and oxygen atoms in total. The summed E-state index contributed by atoms with van der Waals surface area (Å²) in [6.45, 7) is 5.48. The van der Waals surface area contributed by atoms with Gasteiger partial charge in [0.05, 0.1) is 19.3 Å². The Bertz CT molecular complexity index is 1010. The monoisotopic (exact) mass is 422 g/mol. The Morgan fingerprint density at radius 3 is 2.52 bits per heavy atom. The SMILES string of the molecule is COc1ccc(-n2nnnc2CN2CCN(C(=O)COc3cccc(C)c3)CC2)cc1. The molecule has 2 aromatic carbocycles. The van der Waals surface area contributed by atoms with Crippen LogP contribution in [-0.2, 0) is 11.3 Å². The first-order chi connectivity index (χ1) is 15.1. The first kappa shape index (κ1) is 20.8. The number of amides is 1. The summed E-state index contributed by atoms with van der Waals surface area (Å²) < 4.78 is 12.6. The van der Waals surface area contributed by atoms with E-state index in [1.54, 1.807) is 11.8 Å². The van der Waals surface area contributed by atoms with Crippen LogP contribution in [0, 0.1) is 6.92 Å². The van der Waals surface area contributed by atoms with Crippen LogP contribution in [0.4, 0.5) is 0 Å². The van der Waals surface area contributed by atoms with Crippen molar-refractivity contribution in [2.45, 2.75) is 13.5 Å². The lowest BCUT2D eigenvalue weighted by Gasteiger charge is -2.34. The third kappa shape index (κ3) is 5.18. The van der Waals surface area contributed by atoms with E-state index in [2.05, 4.69) is 20.4 Å². The van der Waals surface area contributed by atoms with Crippen molar-refractivity contribution in [2.75, 3.05) is 39.9 Å². The van der Waals surface area contributed by atoms with Crippen molar-refractivity contribution in [2.24, 2.45) is 0 Å². The van der Waals surface area contributed by atoms with Gasteiger partial charge < -0.3 is 14.4 Å². The summed E-state index contributed by atoms with van der Waals surface area (Å²) >= 11 is 0. The molecule has 4 rings (SSSR count). The second-order valence-corrected chi connectivity index (χ2v) is 7.47. The number of aryl methyl sites for hydroxylation is 1. The number of ether oxygens (including phenoxy) is 2.